The largest absolute Gasteiger partial charge is 0.462 e. The van der Waals surface area contributed by atoms with Crippen molar-refractivity contribution in [2.24, 2.45) is 0 Å². The molecule has 0 unspecified atom stereocenters. The monoisotopic (exact) mass is 268 g/mol. The molecule has 2 atom stereocenters. The first-order valence-corrected chi connectivity index (χ1v) is 7.77. The molecular weight excluding hydrogens is 240 g/mol. The lowest BCUT2D eigenvalue weighted by Crippen LogP contribution is -2.43. The van der Waals surface area contributed by atoms with Gasteiger partial charge in [0.05, 0.1) is 6.42 Å². The Morgan fingerprint density at radius 2 is 1.79 bits per heavy atom. The fourth-order valence-corrected chi connectivity index (χ4v) is 3.49. The number of carbonyl (C=O) groups excluding carboxylic acids is 1. The lowest BCUT2D eigenvalue weighted by Gasteiger charge is -2.35. The molecule has 19 heavy (non-hydrogen) atoms. The number of nitrogens with zero attached hydrogens (tertiary/aromatic N) is 2. The van der Waals surface area contributed by atoms with Crippen molar-refractivity contribution in [3.05, 3.63) is 0 Å². The number of hydrogen-bond donors (Lipinski definition) is 0. The Balaban J connectivity index is 1.71. The van der Waals surface area contributed by atoms with Crippen LogP contribution in [0.1, 0.15) is 46.0 Å². The number of ether oxygens (including phenoxy) is 1. The first-order valence-electron chi connectivity index (χ1n) is 7.77. The minimum atomic E-state index is -0.0131. The molecule has 2 aliphatic heterocycles. The van der Waals surface area contributed by atoms with Crippen LogP contribution in [0.5, 0.6) is 0 Å². The maximum Gasteiger partial charge on any atom is 0.307 e. The molecule has 110 valence electrons. The number of fused-ring (bicyclic) bond motifs is 2. The highest BCUT2D eigenvalue weighted by atomic mass is 16.5. The number of piperidine rings is 1. The first kappa shape index (κ1) is 14.8. The Labute approximate surface area is 117 Å². The Hall–Kier alpha value is -0.610. The summed E-state index contributed by atoms with van der Waals surface area (Å²) in [5.74, 6) is -0.0131. The maximum absolute atomic E-state index is 11.9. The van der Waals surface area contributed by atoms with Gasteiger partial charge in [0.25, 0.3) is 0 Å². The smallest absolute Gasteiger partial charge is 0.307 e. The molecule has 0 saturated carbocycles. The highest BCUT2D eigenvalue weighted by Gasteiger charge is 2.39. The minimum Gasteiger partial charge on any atom is -0.462 e. The van der Waals surface area contributed by atoms with Gasteiger partial charge in [-0.3, -0.25) is 4.79 Å². The van der Waals surface area contributed by atoms with Gasteiger partial charge in [-0.1, -0.05) is 13.8 Å². The third kappa shape index (κ3) is 3.69. The fourth-order valence-electron chi connectivity index (χ4n) is 3.49. The van der Waals surface area contributed by atoms with E-state index in [4.69, 9.17) is 4.74 Å². The van der Waals surface area contributed by atoms with Crippen molar-refractivity contribution in [3.8, 4) is 0 Å². The summed E-state index contributed by atoms with van der Waals surface area (Å²) in [5, 5.41) is 0. The Kier molecular flexibility index (Phi) is 5.22. The second kappa shape index (κ2) is 6.71. The predicted molar refractivity (Wildman–Crippen MR) is 76.1 cm³/mol. The van der Waals surface area contributed by atoms with Crippen LogP contribution in [0, 0.1) is 0 Å². The Bertz CT molecular complexity index is 291. The summed E-state index contributed by atoms with van der Waals surface area (Å²) in [4.78, 5) is 16.6. The van der Waals surface area contributed by atoms with Crippen molar-refractivity contribution in [1.29, 1.82) is 0 Å². The van der Waals surface area contributed by atoms with E-state index in [1.807, 2.05) is 0 Å². The standard InChI is InChI=1S/C15H28N2O2/c1-4-17(5-2)9-8-15(18)19-14-10-12-6-7-13(11-14)16(12)3/h12-14H,4-11H2,1-3H3/t12-,13-/m1/s1. The highest BCUT2D eigenvalue weighted by molar-refractivity contribution is 5.69. The van der Waals surface area contributed by atoms with Crippen LogP contribution < -0.4 is 0 Å². The SMILES string of the molecule is CCN(CC)CCC(=O)OC1C[C@H]2CC[C@H](C1)N2C. The molecule has 4 heteroatoms. The van der Waals surface area contributed by atoms with E-state index < -0.39 is 0 Å². The lowest BCUT2D eigenvalue weighted by molar-refractivity contribution is -0.152. The number of hydrogen-bond acceptors (Lipinski definition) is 4. The average Bonchev–Trinajstić information content (AvgIpc) is 2.63. The van der Waals surface area contributed by atoms with Gasteiger partial charge in [0.2, 0.25) is 0 Å². The van der Waals surface area contributed by atoms with Crippen LogP contribution >= 0.6 is 0 Å². The van der Waals surface area contributed by atoms with Gasteiger partial charge in [0.15, 0.2) is 0 Å². The summed E-state index contributed by atoms with van der Waals surface area (Å²) in [6.07, 6.45) is 5.30. The van der Waals surface area contributed by atoms with Crippen LogP contribution in [-0.4, -0.2) is 60.6 Å². The topological polar surface area (TPSA) is 32.8 Å². The molecule has 0 aliphatic carbocycles. The number of carbonyl (C=O) groups is 1. The van der Waals surface area contributed by atoms with E-state index in [2.05, 4.69) is 30.7 Å². The van der Waals surface area contributed by atoms with Gasteiger partial charge in [-0.15, -0.1) is 0 Å². The van der Waals surface area contributed by atoms with E-state index in [0.717, 1.165) is 32.5 Å². The van der Waals surface area contributed by atoms with Gasteiger partial charge >= 0.3 is 5.97 Å². The average molecular weight is 268 g/mol. The van der Waals surface area contributed by atoms with E-state index in [1.165, 1.54) is 12.8 Å². The molecule has 2 saturated heterocycles. The Morgan fingerprint density at radius 1 is 1.21 bits per heavy atom. The number of rotatable bonds is 6. The molecule has 2 bridgehead atoms. The van der Waals surface area contributed by atoms with Gasteiger partial charge in [-0.25, -0.2) is 0 Å². The van der Waals surface area contributed by atoms with Crippen molar-refractivity contribution in [1.82, 2.24) is 9.80 Å². The molecule has 0 amide bonds. The fraction of sp³-hybridized carbons (Fsp3) is 0.933. The number of esters is 1. The van der Waals surface area contributed by atoms with Gasteiger partial charge in [0.1, 0.15) is 6.10 Å². The first-order chi connectivity index (χ1) is 9.13. The Morgan fingerprint density at radius 3 is 2.32 bits per heavy atom. The summed E-state index contributed by atoms with van der Waals surface area (Å²) < 4.78 is 5.67. The molecular formula is C15H28N2O2. The zero-order chi connectivity index (χ0) is 13.8. The second-order valence-electron chi connectivity index (χ2n) is 5.91. The lowest BCUT2D eigenvalue weighted by atomic mass is 10.0. The highest BCUT2D eigenvalue weighted by Crippen LogP contribution is 2.35. The molecule has 0 aromatic carbocycles. The van der Waals surface area contributed by atoms with E-state index in [-0.39, 0.29) is 12.1 Å². The van der Waals surface area contributed by atoms with E-state index >= 15 is 0 Å². The van der Waals surface area contributed by atoms with E-state index in [9.17, 15) is 4.79 Å². The molecule has 0 N–H and O–H groups in total. The summed E-state index contributed by atoms with van der Waals surface area (Å²) in [5.41, 5.74) is 0. The molecule has 0 aromatic heterocycles. The zero-order valence-corrected chi connectivity index (χ0v) is 12.6. The van der Waals surface area contributed by atoms with Crippen LogP contribution in [-0.2, 0) is 9.53 Å². The summed E-state index contributed by atoms with van der Waals surface area (Å²) in [6.45, 7) is 7.09. The molecule has 2 heterocycles. The second-order valence-corrected chi connectivity index (χ2v) is 5.91. The van der Waals surface area contributed by atoms with Crippen LogP contribution in [0.25, 0.3) is 0 Å². The van der Waals surface area contributed by atoms with Crippen molar-refractivity contribution < 1.29 is 9.53 Å². The minimum absolute atomic E-state index is 0.0131. The predicted octanol–water partition coefficient (Wildman–Crippen LogP) is 1.89. The molecule has 0 aromatic rings. The van der Waals surface area contributed by atoms with Crippen LogP contribution in [0.15, 0.2) is 0 Å². The molecule has 2 rings (SSSR count). The van der Waals surface area contributed by atoms with Crippen LogP contribution in [0.2, 0.25) is 0 Å². The van der Waals surface area contributed by atoms with Gasteiger partial charge in [-0.2, -0.15) is 0 Å². The summed E-state index contributed by atoms with van der Waals surface area (Å²) in [7, 11) is 2.21. The van der Waals surface area contributed by atoms with Crippen molar-refractivity contribution in [2.45, 2.75) is 64.1 Å². The van der Waals surface area contributed by atoms with Crippen LogP contribution in [0.4, 0.5) is 0 Å². The molecule has 0 spiro atoms. The maximum atomic E-state index is 11.9. The van der Waals surface area contributed by atoms with E-state index in [0.29, 0.717) is 18.5 Å². The van der Waals surface area contributed by atoms with E-state index in [1.54, 1.807) is 0 Å². The van der Waals surface area contributed by atoms with Crippen molar-refractivity contribution in [2.75, 3.05) is 26.7 Å². The summed E-state index contributed by atoms with van der Waals surface area (Å²) in [6, 6.07) is 1.28. The van der Waals surface area contributed by atoms with Crippen LogP contribution in [0.3, 0.4) is 0 Å². The van der Waals surface area contributed by atoms with Gasteiger partial charge in [0, 0.05) is 18.6 Å². The molecule has 0 radical (unpaired) electrons. The third-order valence-electron chi connectivity index (χ3n) is 4.88. The van der Waals surface area contributed by atoms with Gasteiger partial charge < -0.3 is 14.5 Å². The van der Waals surface area contributed by atoms with Crippen molar-refractivity contribution in [3.63, 3.8) is 0 Å². The summed E-state index contributed by atoms with van der Waals surface area (Å²) >= 11 is 0. The third-order valence-corrected chi connectivity index (χ3v) is 4.88. The quantitative estimate of drug-likeness (QED) is 0.689. The normalized spacial score (nSPS) is 30.8. The van der Waals surface area contributed by atoms with Gasteiger partial charge in [-0.05, 0) is 45.8 Å². The zero-order valence-electron chi connectivity index (χ0n) is 12.6. The molecule has 2 fully saturated rings. The van der Waals surface area contributed by atoms with Crippen molar-refractivity contribution >= 4 is 5.97 Å². The molecule has 4 nitrogen and oxygen atoms in total. The molecule has 2 aliphatic rings.